The molecule has 108 valence electrons. The molecule has 1 N–H and O–H groups in total. The fraction of sp³-hybridized carbons (Fsp3) is 0.533. The summed E-state index contributed by atoms with van der Waals surface area (Å²) < 4.78 is 0. The lowest BCUT2D eigenvalue weighted by Crippen LogP contribution is -2.41. The van der Waals surface area contributed by atoms with Crippen LogP contribution in [0, 0.1) is 5.92 Å². The standard InChI is InChI=1S/C15H21N3O2/c1-2-3-14(19)18-10-6-12(7-11-18)15(20)17-13-4-8-16-9-5-13/h4-5,8-9,12H,2-3,6-7,10-11H2,1H3,(H,16,17,20). The van der Waals surface area contributed by atoms with Crippen molar-refractivity contribution in [2.24, 2.45) is 5.92 Å². The Hall–Kier alpha value is -1.91. The summed E-state index contributed by atoms with van der Waals surface area (Å²) in [4.78, 5) is 29.7. The molecule has 2 amide bonds. The molecule has 2 rings (SSSR count). The molecule has 20 heavy (non-hydrogen) atoms. The van der Waals surface area contributed by atoms with Gasteiger partial charge in [-0.1, -0.05) is 6.92 Å². The van der Waals surface area contributed by atoms with Gasteiger partial charge in [-0.3, -0.25) is 14.6 Å². The highest BCUT2D eigenvalue weighted by atomic mass is 16.2. The maximum atomic E-state index is 12.1. The van der Waals surface area contributed by atoms with Crippen molar-refractivity contribution in [1.82, 2.24) is 9.88 Å². The predicted molar refractivity (Wildman–Crippen MR) is 77.1 cm³/mol. The van der Waals surface area contributed by atoms with Gasteiger partial charge >= 0.3 is 0 Å². The van der Waals surface area contributed by atoms with E-state index in [1.54, 1.807) is 24.5 Å². The van der Waals surface area contributed by atoms with Crippen molar-refractivity contribution in [3.63, 3.8) is 0 Å². The smallest absolute Gasteiger partial charge is 0.227 e. The van der Waals surface area contributed by atoms with Gasteiger partial charge < -0.3 is 10.2 Å². The van der Waals surface area contributed by atoms with Crippen molar-refractivity contribution >= 4 is 17.5 Å². The van der Waals surface area contributed by atoms with Crippen LogP contribution in [0.3, 0.4) is 0 Å². The number of nitrogens with one attached hydrogen (secondary N) is 1. The second kappa shape index (κ2) is 7.03. The third kappa shape index (κ3) is 3.79. The van der Waals surface area contributed by atoms with Crippen LogP contribution in [0.1, 0.15) is 32.6 Å². The molecule has 1 aromatic rings. The number of carbonyl (C=O) groups is 2. The quantitative estimate of drug-likeness (QED) is 0.915. The van der Waals surface area contributed by atoms with Crippen molar-refractivity contribution in [1.29, 1.82) is 0 Å². The largest absolute Gasteiger partial charge is 0.343 e. The van der Waals surface area contributed by atoms with E-state index in [0.717, 1.165) is 24.9 Å². The van der Waals surface area contributed by atoms with Gasteiger partial charge in [0.1, 0.15) is 0 Å². The van der Waals surface area contributed by atoms with Gasteiger partial charge in [-0.25, -0.2) is 0 Å². The van der Waals surface area contributed by atoms with Gasteiger partial charge in [0, 0.05) is 43.5 Å². The van der Waals surface area contributed by atoms with E-state index in [0.29, 0.717) is 19.5 Å². The average molecular weight is 275 g/mol. The Balaban J connectivity index is 1.81. The number of anilines is 1. The highest BCUT2D eigenvalue weighted by Gasteiger charge is 2.26. The summed E-state index contributed by atoms with van der Waals surface area (Å²) in [6, 6.07) is 3.55. The van der Waals surface area contributed by atoms with Gasteiger partial charge in [0.25, 0.3) is 0 Å². The number of piperidine rings is 1. The van der Waals surface area contributed by atoms with Gasteiger partial charge in [0.2, 0.25) is 11.8 Å². The molecule has 1 aromatic heterocycles. The van der Waals surface area contributed by atoms with E-state index in [-0.39, 0.29) is 17.7 Å². The van der Waals surface area contributed by atoms with Crippen molar-refractivity contribution in [2.75, 3.05) is 18.4 Å². The Morgan fingerprint density at radius 3 is 2.55 bits per heavy atom. The number of aromatic nitrogens is 1. The lowest BCUT2D eigenvalue weighted by Gasteiger charge is -2.31. The summed E-state index contributed by atoms with van der Waals surface area (Å²) in [5.41, 5.74) is 0.773. The minimum Gasteiger partial charge on any atom is -0.343 e. The lowest BCUT2D eigenvalue weighted by molar-refractivity contribution is -0.134. The molecule has 0 radical (unpaired) electrons. The monoisotopic (exact) mass is 275 g/mol. The first-order chi connectivity index (χ1) is 9.70. The molecule has 0 atom stereocenters. The fourth-order valence-electron chi connectivity index (χ4n) is 2.44. The maximum Gasteiger partial charge on any atom is 0.227 e. The Labute approximate surface area is 119 Å². The molecule has 0 unspecified atom stereocenters. The first kappa shape index (κ1) is 14.5. The Morgan fingerprint density at radius 1 is 1.30 bits per heavy atom. The number of pyridine rings is 1. The zero-order valence-electron chi connectivity index (χ0n) is 11.8. The number of carbonyl (C=O) groups excluding carboxylic acids is 2. The molecule has 0 spiro atoms. The number of hydrogen-bond donors (Lipinski definition) is 1. The van der Waals surface area contributed by atoms with Gasteiger partial charge in [-0.05, 0) is 31.4 Å². The molecule has 2 heterocycles. The van der Waals surface area contributed by atoms with Crippen LogP contribution < -0.4 is 5.32 Å². The minimum atomic E-state index is -0.00570. The topological polar surface area (TPSA) is 62.3 Å². The van der Waals surface area contributed by atoms with Gasteiger partial charge in [-0.2, -0.15) is 0 Å². The Morgan fingerprint density at radius 2 is 1.95 bits per heavy atom. The highest BCUT2D eigenvalue weighted by Crippen LogP contribution is 2.20. The number of likely N-dealkylation sites (tertiary alicyclic amines) is 1. The van der Waals surface area contributed by atoms with Crippen LogP contribution in [0.5, 0.6) is 0 Å². The number of nitrogens with zero attached hydrogens (tertiary/aromatic N) is 2. The molecular formula is C15H21N3O2. The average Bonchev–Trinajstić information content (AvgIpc) is 2.48. The molecule has 0 saturated carbocycles. The van der Waals surface area contributed by atoms with Crippen molar-refractivity contribution in [2.45, 2.75) is 32.6 Å². The van der Waals surface area contributed by atoms with Gasteiger partial charge in [0.15, 0.2) is 0 Å². The molecule has 0 aromatic carbocycles. The molecule has 1 saturated heterocycles. The predicted octanol–water partition coefficient (Wildman–Crippen LogP) is 2.06. The minimum absolute atomic E-state index is 0.00570. The molecule has 0 bridgehead atoms. The van der Waals surface area contributed by atoms with Crippen LogP contribution in [-0.2, 0) is 9.59 Å². The summed E-state index contributed by atoms with van der Waals surface area (Å²) in [6.45, 7) is 3.38. The van der Waals surface area contributed by atoms with E-state index in [1.165, 1.54) is 0 Å². The van der Waals surface area contributed by atoms with E-state index in [1.807, 2.05) is 11.8 Å². The van der Waals surface area contributed by atoms with Crippen molar-refractivity contribution < 1.29 is 9.59 Å². The third-order valence-electron chi connectivity index (χ3n) is 3.63. The summed E-state index contributed by atoms with van der Waals surface area (Å²) in [6.07, 6.45) is 6.27. The second-order valence-electron chi connectivity index (χ2n) is 5.13. The van der Waals surface area contributed by atoms with E-state index in [2.05, 4.69) is 10.3 Å². The van der Waals surface area contributed by atoms with E-state index >= 15 is 0 Å². The van der Waals surface area contributed by atoms with Crippen LogP contribution in [0.25, 0.3) is 0 Å². The highest BCUT2D eigenvalue weighted by molar-refractivity contribution is 5.92. The van der Waals surface area contributed by atoms with E-state index < -0.39 is 0 Å². The molecule has 5 heteroatoms. The van der Waals surface area contributed by atoms with E-state index in [9.17, 15) is 9.59 Å². The zero-order valence-corrected chi connectivity index (χ0v) is 11.8. The third-order valence-corrected chi connectivity index (χ3v) is 3.63. The number of hydrogen-bond acceptors (Lipinski definition) is 3. The molecule has 0 aliphatic carbocycles. The van der Waals surface area contributed by atoms with Crippen LogP contribution in [0.15, 0.2) is 24.5 Å². The Kier molecular flexibility index (Phi) is 5.09. The molecule has 1 fully saturated rings. The Bertz CT molecular complexity index is 453. The summed E-state index contributed by atoms with van der Waals surface area (Å²) in [5.74, 6) is 0.244. The summed E-state index contributed by atoms with van der Waals surface area (Å²) >= 11 is 0. The SMILES string of the molecule is CCCC(=O)N1CCC(C(=O)Nc2ccncc2)CC1. The summed E-state index contributed by atoms with van der Waals surface area (Å²) in [5, 5.41) is 2.90. The molecule has 1 aliphatic rings. The first-order valence-electron chi connectivity index (χ1n) is 7.19. The second-order valence-corrected chi connectivity index (χ2v) is 5.13. The van der Waals surface area contributed by atoms with Gasteiger partial charge in [-0.15, -0.1) is 0 Å². The van der Waals surface area contributed by atoms with Crippen LogP contribution in [0.2, 0.25) is 0 Å². The van der Waals surface area contributed by atoms with E-state index in [4.69, 9.17) is 0 Å². The first-order valence-corrected chi connectivity index (χ1v) is 7.19. The van der Waals surface area contributed by atoms with Crippen molar-refractivity contribution in [3.8, 4) is 0 Å². The normalized spacial score (nSPS) is 15.9. The lowest BCUT2D eigenvalue weighted by atomic mass is 9.95. The van der Waals surface area contributed by atoms with Crippen LogP contribution >= 0.6 is 0 Å². The maximum absolute atomic E-state index is 12.1. The van der Waals surface area contributed by atoms with Crippen LogP contribution in [0.4, 0.5) is 5.69 Å². The summed E-state index contributed by atoms with van der Waals surface area (Å²) in [7, 11) is 0. The molecular weight excluding hydrogens is 254 g/mol. The van der Waals surface area contributed by atoms with Crippen LogP contribution in [-0.4, -0.2) is 34.8 Å². The molecule has 1 aliphatic heterocycles. The van der Waals surface area contributed by atoms with Gasteiger partial charge in [0.05, 0.1) is 0 Å². The zero-order chi connectivity index (χ0) is 14.4. The number of rotatable bonds is 4. The van der Waals surface area contributed by atoms with Crippen molar-refractivity contribution in [3.05, 3.63) is 24.5 Å². The molecule has 5 nitrogen and oxygen atoms in total. The number of amides is 2. The fourth-order valence-corrected chi connectivity index (χ4v) is 2.44.